The minimum Gasteiger partial charge on any atom is -0.328 e. The van der Waals surface area contributed by atoms with E-state index in [9.17, 15) is 4.79 Å². The third kappa shape index (κ3) is 3.19. The predicted molar refractivity (Wildman–Crippen MR) is 106 cm³/mol. The van der Waals surface area contributed by atoms with E-state index in [1.54, 1.807) is 16.8 Å². The number of carbonyl (C=O) groups excluding carboxylic acids is 1. The number of fused-ring (bicyclic) bond motifs is 1. The van der Waals surface area contributed by atoms with E-state index in [-0.39, 0.29) is 11.9 Å². The molecule has 27 heavy (non-hydrogen) atoms. The Bertz CT molecular complexity index is 1040. The molecule has 0 unspecified atom stereocenters. The van der Waals surface area contributed by atoms with E-state index in [4.69, 9.17) is 11.6 Å². The van der Waals surface area contributed by atoms with Crippen LogP contribution in [0, 0.1) is 6.92 Å². The van der Waals surface area contributed by atoms with Crippen molar-refractivity contribution in [2.75, 3.05) is 10.6 Å². The lowest BCUT2D eigenvalue weighted by molar-refractivity contribution is -0.113. The molecule has 0 saturated heterocycles. The second-order valence-electron chi connectivity index (χ2n) is 6.44. The van der Waals surface area contributed by atoms with Crippen molar-refractivity contribution in [3.05, 3.63) is 82.3 Å². The van der Waals surface area contributed by atoms with Crippen LogP contribution in [0.5, 0.6) is 0 Å². The molecule has 0 bridgehead atoms. The first kappa shape index (κ1) is 17.3. The maximum atomic E-state index is 13.2. The van der Waals surface area contributed by atoms with Gasteiger partial charge < -0.3 is 10.6 Å². The van der Waals surface area contributed by atoms with Crippen LogP contribution >= 0.6 is 11.6 Å². The molecule has 7 heteroatoms. The lowest BCUT2D eigenvalue weighted by Crippen LogP contribution is -2.31. The Morgan fingerprint density at radius 3 is 2.63 bits per heavy atom. The highest BCUT2D eigenvalue weighted by Crippen LogP contribution is 2.35. The first-order chi connectivity index (χ1) is 13.0. The van der Waals surface area contributed by atoms with Gasteiger partial charge in [-0.05, 0) is 31.5 Å². The summed E-state index contributed by atoms with van der Waals surface area (Å²) in [6.45, 7) is 3.89. The molecule has 0 spiro atoms. The molecule has 1 amide bonds. The third-order valence-corrected chi connectivity index (χ3v) is 4.88. The Hall–Kier alpha value is -3.12. The van der Waals surface area contributed by atoms with Crippen molar-refractivity contribution in [1.29, 1.82) is 0 Å². The maximum absolute atomic E-state index is 13.2. The lowest BCUT2D eigenvalue weighted by Gasteiger charge is -2.29. The number of nitrogens with zero attached hydrogens (tertiary/aromatic N) is 3. The van der Waals surface area contributed by atoms with Crippen molar-refractivity contribution < 1.29 is 4.79 Å². The predicted octanol–water partition coefficient (Wildman–Crippen LogP) is 4.17. The van der Waals surface area contributed by atoms with Gasteiger partial charge >= 0.3 is 0 Å². The van der Waals surface area contributed by atoms with E-state index >= 15 is 0 Å². The molecule has 2 N–H and O–H groups in total. The number of benzene rings is 2. The third-order valence-electron chi connectivity index (χ3n) is 4.55. The highest BCUT2D eigenvalue weighted by atomic mass is 35.5. The average molecular weight is 380 g/mol. The topological polar surface area (TPSA) is 71.8 Å². The van der Waals surface area contributed by atoms with E-state index < -0.39 is 0 Å². The number of hydrogen-bond donors (Lipinski definition) is 2. The van der Waals surface area contributed by atoms with Gasteiger partial charge in [-0.25, -0.2) is 4.68 Å². The van der Waals surface area contributed by atoms with Gasteiger partial charge in [0.1, 0.15) is 12.4 Å². The zero-order chi connectivity index (χ0) is 19.0. The number of anilines is 2. The van der Waals surface area contributed by atoms with Crippen molar-refractivity contribution >= 4 is 29.1 Å². The summed E-state index contributed by atoms with van der Waals surface area (Å²) >= 11 is 6.20. The minimum absolute atomic E-state index is 0.236. The molecule has 0 radical (unpaired) electrons. The zero-order valence-corrected chi connectivity index (χ0v) is 15.7. The molecular formula is C20H18ClN5O. The summed E-state index contributed by atoms with van der Waals surface area (Å²) in [5.74, 6) is 0.368. The number of halogens is 1. The second kappa shape index (κ2) is 6.89. The maximum Gasteiger partial charge on any atom is 0.255 e. The Morgan fingerprint density at radius 2 is 1.89 bits per heavy atom. The van der Waals surface area contributed by atoms with Crippen molar-refractivity contribution in [3.63, 3.8) is 0 Å². The Labute approximate surface area is 161 Å². The van der Waals surface area contributed by atoms with Crippen LogP contribution in [0.1, 0.15) is 24.1 Å². The van der Waals surface area contributed by atoms with E-state index in [0.717, 1.165) is 16.8 Å². The number of carbonyl (C=O) groups is 1. The first-order valence-corrected chi connectivity index (χ1v) is 8.92. The summed E-state index contributed by atoms with van der Waals surface area (Å²) < 4.78 is 1.72. The SMILES string of the molecule is CC1=C(C(=O)Nc2ccccc2Cl)[C@@H](c2ccc(C)cc2)n2ncnc2N1. The molecule has 0 saturated carbocycles. The van der Waals surface area contributed by atoms with Crippen molar-refractivity contribution in [3.8, 4) is 0 Å². The van der Waals surface area contributed by atoms with E-state index in [1.165, 1.54) is 6.33 Å². The molecule has 4 rings (SSSR count). The summed E-state index contributed by atoms with van der Waals surface area (Å²) in [6, 6.07) is 14.8. The van der Waals surface area contributed by atoms with Gasteiger partial charge in [0.2, 0.25) is 5.95 Å². The molecule has 1 aliphatic heterocycles. The number of nitrogens with one attached hydrogen (secondary N) is 2. The Kier molecular flexibility index (Phi) is 4.41. The summed E-state index contributed by atoms with van der Waals surface area (Å²) in [5.41, 5.74) is 3.96. The summed E-state index contributed by atoms with van der Waals surface area (Å²) in [6.07, 6.45) is 1.48. The van der Waals surface area contributed by atoms with E-state index in [2.05, 4.69) is 20.7 Å². The van der Waals surface area contributed by atoms with Crippen LogP contribution in [0.4, 0.5) is 11.6 Å². The van der Waals surface area contributed by atoms with Gasteiger partial charge in [0, 0.05) is 5.70 Å². The van der Waals surface area contributed by atoms with Gasteiger partial charge in [0.25, 0.3) is 5.91 Å². The Morgan fingerprint density at radius 1 is 1.15 bits per heavy atom. The molecule has 1 aromatic heterocycles. The van der Waals surface area contributed by atoms with E-state index in [1.807, 2.05) is 50.2 Å². The van der Waals surface area contributed by atoms with Gasteiger partial charge in [0.15, 0.2) is 0 Å². The van der Waals surface area contributed by atoms with Crippen LogP contribution in [0.15, 0.2) is 66.1 Å². The summed E-state index contributed by atoms with van der Waals surface area (Å²) in [5, 5.41) is 10.9. The van der Waals surface area contributed by atoms with Crippen LogP contribution in [0.3, 0.4) is 0 Å². The van der Waals surface area contributed by atoms with Gasteiger partial charge in [-0.2, -0.15) is 10.1 Å². The monoisotopic (exact) mass is 379 g/mol. The molecule has 0 fully saturated rings. The fourth-order valence-electron chi connectivity index (χ4n) is 3.19. The lowest BCUT2D eigenvalue weighted by atomic mass is 9.94. The summed E-state index contributed by atoms with van der Waals surface area (Å²) in [7, 11) is 0. The fraction of sp³-hybridized carbons (Fsp3) is 0.150. The average Bonchev–Trinajstić information content (AvgIpc) is 3.11. The van der Waals surface area contributed by atoms with Gasteiger partial charge in [-0.15, -0.1) is 0 Å². The van der Waals surface area contributed by atoms with Crippen LogP contribution in [-0.2, 0) is 4.79 Å². The number of hydrogen-bond acceptors (Lipinski definition) is 4. The number of aromatic nitrogens is 3. The van der Waals surface area contributed by atoms with Crippen molar-refractivity contribution in [2.24, 2.45) is 0 Å². The molecular weight excluding hydrogens is 362 g/mol. The van der Waals surface area contributed by atoms with Crippen molar-refractivity contribution in [2.45, 2.75) is 19.9 Å². The van der Waals surface area contributed by atoms with Gasteiger partial charge in [-0.1, -0.05) is 53.6 Å². The Balaban J connectivity index is 1.77. The number of rotatable bonds is 3. The van der Waals surface area contributed by atoms with Crippen LogP contribution in [0.2, 0.25) is 5.02 Å². The van der Waals surface area contributed by atoms with Crippen LogP contribution in [0.25, 0.3) is 0 Å². The molecule has 1 atom stereocenters. The standard InChI is InChI=1S/C20H18ClN5O/c1-12-7-9-14(10-8-12)18-17(13(2)24-20-22-11-23-26(18)20)19(27)25-16-6-4-3-5-15(16)21/h3-11,18H,1-2H3,(H,25,27)(H,22,23,24)/t18-/m1/s1. The number of allylic oxidation sites excluding steroid dienone is 1. The van der Waals surface area contributed by atoms with Crippen molar-refractivity contribution in [1.82, 2.24) is 14.8 Å². The molecule has 3 aromatic rings. The van der Waals surface area contributed by atoms with Crippen LogP contribution < -0.4 is 10.6 Å². The quantitative estimate of drug-likeness (QED) is 0.716. The highest BCUT2D eigenvalue weighted by Gasteiger charge is 2.33. The molecule has 2 aromatic carbocycles. The smallest absolute Gasteiger partial charge is 0.255 e. The molecule has 136 valence electrons. The zero-order valence-electron chi connectivity index (χ0n) is 14.9. The fourth-order valence-corrected chi connectivity index (χ4v) is 3.38. The van der Waals surface area contributed by atoms with Gasteiger partial charge in [-0.3, -0.25) is 4.79 Å². The molecule has 0 aliphatic carbocycles. The minimum atomic E-state index is -0.383. The number of para-hydroxylation sites is 1. The largest absolute Gasteiger partial charge is 0.328 e. The molecule has 1 aliphatic rings. The summed E-state index contributed by atoms with van der Waals surface area (Å²) in [4.78, 5) is 17.4. The van der Waals surface area contributed by atoms with Gasteiger partial charge in [0.05, 0.1) is 16.3 Å². The molecule has 2 heterocycles. The normalized spacial score (nSPS) is 15.9. The first-order valence-electron chi connectivity index (χ1n) is 8.54. The highest BCUT2D eigenvalue weighted by molar-refractivity contribution is 6.33. The van der Waals surface area contributed by atoms with E-state index in [0.29, 0.717) is 22.2 Å². The van der Waals surface area contributed by atoms with Crippen LogP contribution in [-0.4, -0.2) is 20.7 Å². The molecule has 6 nitrogen and oxygen atoms in total. The number of aryl methyl sites for hydroxylation is 1. The number of amides is 1. The second-order valence-corrected chi connectivity index (χ2v) is 6.85.